The molecule has 0 unspecified atom stereocenters. The normalized spacial score (nSPS) is 15.6. The minimum atomic E-state index is -0.0579. The molecule has 2 rings (SSSR count). The van der Waals surface area contributed by atoms with E-state index in [0.717, 1.165) is 25.1 Å². The first-order valence-electron chi connectivity index (χ1n) is 7.80. The number of rotatable bonds is 8. The van der Waals surface area contributed by atoms with Crippen LogP contribution in [0, 0.1) is 5.41 Å². The van der Waals surface area contributed by atoms with Crippen LogP contribution in [-0.4, -0.2) is 37.8 Å². The van der Waals surface area contributed by atoms with Gasteiger partial charge in [-0.05, 0) is 43.5 Å². The summed E-state index contributed by atoms with van der Waals surface area (Å²) in [5.74, 6) is -0.0579. The fourth-order valence-corrected chi connectivity index (χ4v) is 2.33. The number of anilines is 1. The molecule has 0 atom stereocenters. The van der Waals surface area contributed by atoms with Gasteiger partial charge >= 0.3 is 0 Å². The first-order valence-corrected chi connectivity index (χ1v) is 7.80. The van der Waals surface area contributed by atoms with E-state index in [4.69, 9.17) is 0 Å². The average molecular weight is 290 g/mol. The van der Waals surface area contributed by atoms with Crippen molar-refractivity contribution >= 4 is 11.6 Å². The second kappa shape index (κ2) is 6.94. The number of unbranched alkanes of at least 4 members (excludes halogenated alkanes) is 1. The lowest BCUT2D eigenvalue weighted by Crippen LogP contribution is -2.31. The monoisotopic (exact) mass is 290 g/mol. The summed E-state index contributed by atoms with van der Waals surface area (Å²) in [5, 5.41) is 12.2. The molecule has 1 fully saturated rings. The predicted octanol–water partition coefficient (Wildman–Crippen LogP) is 2.43. The van der Waals surface area contributed by atoms with E-state index in [0.29, 0.717) is 12.1 Å². The maximum Gasteiger partial charge on any atom is 0.251 e. The number of nitrogens with zero attached hydrogens (tertiary/aromatic N) is 1. The summed E-state index contributed by atoms with van der Waals surface area (Å²) < 4.78 is 0. The Labute approximate surface area is 127 Å². The molecule has 1 aliphatic carbocycles. The van der Waals surface area contributed by atoms with E-state index in [1.807, 2.05) is 24.3 Å². The van der Waals surface area contributed by atoms with Crippen LogP contribution in [0.4, 0.5) is 5.69 Å². The highest BCUT2D eigenvalue weighted by Crippen LogP contribution is 2.44. The zero-order chi connectivity index (χ0) is 15.3. The molecule has 21 heavy (non-hydrogen) atoms. The quantitative estimate of drug-likeness (QED) is 0.773. The minimum absolute atomic E-state index is 0.0457. The number of aliphatic hydroxyl groups is 1. The van der Waals surface area contributed by atoms with Gasteiger partial charge in [-0.2, -0.15) is 0 Å². The lowest BCUT2D eigenvalue weighted by Gasteiger charge is -2.19. The third-order valence-electron chi connectivity index (χ3n) is 4.33. The van der Waals surface area contributed by atoms with Gasteiger partial charge in [0.15, 0.2) is 0 Å². The average Bonchev–Trinajstić information content (AvgIpc) is 3.31. The van der Waals surface area contributed by atoms with Gasteiger partial charge < -0.3 is 15.3 Å². The molecule has 116 valence electrons. The van der Waals surface area contributed by atoms with E-state index >= 15 is 0 Å². The molecule has 1 amide bonds. The van der Waals surface area contributed by atoms with Crippen molar-refractivity contribution in [2.45, 2.75) is 32.6 Å². The summed E-state index contributed by atoms with van der Waals surface area (Å²) in [6.45, 7) is 3.94. The summed E-state index contributed by atoms with van der Waals surface area (Å²) in [4.78, 5) is 14.3. The summed E-state index contributed by atoms with van der Waals surface area (Å²) in [5.41, 5.74) is 1.76. The Bertz CT molecular complexity index is 466. The van der Waals surface area contributed by atoms with Crippen molar-refractivity contribution in [3.63, 3.8) is 0 Å². The molecule has 4 heteroatoms. The van der Waals surface area contributed by atoms with E-state index in [1.54, 1.807) is 0 Å². The molecule has 0 spiro atoms. The van der Waals surface area contributed by atoms with Gasteiger partial charge in [0.05, 0.1) is 6.61 Å². The van der Waals surface area contributed by atoms with E-state index in [9.17, 15) is 9.90 Å². The van der Waals surface area contributed by atoms with Gasteiger partial charge in [-0.1, -0.05) is 13.3 Å². The Kier molecular flexibility index (Phi) is 5.23. The van der Waals surface area contributed by atoms with Crippen molar-refractivity contribution in [3.05, 3.63) is 29.8 Å². The van der Waals surface area contributed by atoms with E-state index < -0.39 is 0 Å². The Morgan fingerprint density at radius 1 is 1.33 bits per heavy atom. The number of carbonyl (C=O) groups excluding carboxylic acids is 1. The fraction of sp³-hybridized carbons (Fsp3) is 0.588. The van der Waals surface area contributed by atoms with E-state index in [-0.39, 0.29) is 17.9 Å². The van der Waals surface area contributed by atoms with E-state index in [2.05, 4.69) is 24.2 Å². The standard InChI is InChI=1S/C17H26N2O2/c1-3-4-11-19(2)15-7-5-14(6-8-15)16(21)18-12-17(13-20)9-10-17/h5-8,20H,3-4,9-13H2,1-2H3,(H,18,21). The van der Waals surface area contributed by atoms with Crippen LogP contribution in [0.3, 0.4) is 0 Å². The van der Waals surface area contributed by atoms with Crippen LogP contribution < -0.4 is 10.2 Å². The number of hydrogen-bond acceptors (Lipinski definition) is 3. The highest BCUT2D eigenvalue weighted by Gasteiger charge is 2.42. The smallest absolute Gasteiger partial charge is 0.251 e. The Morgan fingerprint density at radius 2 is 2.00 bits per heavy atom. The van der Waals surface area contributed by atoms with Gasteiger partial charge in [0.25, 0.3) is 5.91 Å². The van der Waals surface area contributed by atoms with Crippen molar-refractivity contribution in [3.8, 4) is 0 Å². The molecule has 1 saturated carbocycles. The van der Waals surface area contributed by atoms with Gasteiger partial charge in [0, 0.05) is 36.8 Å². The zero-order valence-electron chi connectivity index (χ0n) is 13.1. The summed E-state index contributed by atoms with van der Waals surface area (Å²) in [6.07, 6.45) is 4.36. The first kappa shape index (κ1) is 15.8. The SMILES string of the molecule is CCCCN(C)c1ccc(C(=O)NCC2(CO)CC2)cc1. The van der Waals surface area contributed by atoms with Crippen LogP contribution in [-0.2, 0) is 0 Å². The van der Waals surface area contributed by atoms with Crippen molar-refractivity contribution in [1.29, 1.82) is 0 Å². The highest BCUT2D eigenvalue weighted by atomic mass is 16.3. The lowest BCUT2D eigenvalue weighted by molar-refractivity contribution is 0.0935. The van der Waals surface area contributed by atoms with Gasteiger partial charge in [-0.3, -0.25) is 4.79 Å². The number of benzene rings is 1. The third kappa shape index (κ3) is 4.21. The molecule has 4 nitrogen and oxygen atoms in total. The summed E-state index contributed by atoms with van der Waals surface area (Å²) >= 11 is 0. The van der Waals surface area contributed by atoms with Crippen molar-refractivity contribution in [2.24, 2.45) is 5.41 Å². The molecule has 0 heterocycles. The minimum Gasteiger partial charge on any atom is -0.396 e. The Balaban J connectivity index is 1.87. The first-order chi connectivity index (χ1) is 10.1. The summed E-state index contributed by atoms with van der Waals surface area (Å²) in [7, 11) is 2.07. The van der Waals surface area contributed by atoms with Crippen LogP contribution in [0.2, 0.25) is 0 Å². The van der Waals surface area contributed by atoms with Gasteiger partial charge in [-0.25, -0.2) is 0 Å². The largest absolute Gasteiger partial charge is 0.396 e. The molecule has 1 aliphatic rings. The van der Waals surface area contributed by atoms with Crippen molar-refractivity contribution < 1.29 is 9.90 Å². The van der Waals surface area contributed by atoms with Gasteiger partial charge in [0.2, 0.25) is 0 Å². The Hall–Kier alpha value is -1.55. The number of amides is 1. The van der Waals surface area contributed by atoms with Gasteiger partial charge in [0.1, 0.15) is 0 Å². The molecule has 0 bridgehead atoms. The second-order valence-electron chi connectivity index (χ2n) is 6.16. The topological polar surface area (TPSA) is 52.6 Å². The fourth-order valence-electron chi connectivity index (χ4n) is 2.33. The van der Waals surface area contributed by atoms with Crippen LogP contribution in [0.1, 0.15) is 43.0 Å². The van der Waals surface area contributed by atoms with E-state index in [1.165, 1.54) is 12.8 Å². The number of aliphatic hydroxyl groups excluding tert-OH is 1. The molecule has 1 aromatic rings. The molecular weight excluding hydrogens is 264 g/mol. The van der Waals surface area contributed by atoms with Crippen LogP contribution >= 0.6 is 0 Å². The van der Waals surface area contributed by atoms with Crippen molar-refractivity contribution in [1.82, 2.24) is 5.32 Å². The van der Waals surface area contributed by atoms with Crippen LogP contribution in [0.5, 0.6) is 0 Å². The van der Waals surface area contributed by atoms with Gasteiger partial charge in [-0.15, -0.1) is 0 Å². The number of carbonyl (C=O) groups is 1. The number of hydrogen-bond donors (Lipinski definition) is 2. The maximum atomic E-state index is 12.1. The summed E-state index contributed by atoms with van der Waals surface area (Å²) in [6, 6.07) is 7.71. The van der Waals surface area contributed by atoms with Crippen LogP contribution in [0.15, 0.2) is 24.3 Å². The molecule has 1 aromatic carbocycles. The molecule has 0 radical (unpaired) electrons. The number of nitrogens with one attached hydrogen (secondary N) is 1. The molecule has 0 saturated heterocycles. The molecular formula is C17H26N2O2. The Morgan fingerprint density at radius 3 is 2.52 bits per heavy atom. The zero-order valence-corrected chi connectivity index (χ0v) is 13.1. The third-order valence-corrected chi connectivity index (χ3v) is 4.33. The molecule has 2 N–H and O–H groups in total. The predicted molar refractivity (Wildman–Crippen MR) is 85.7 cm³/mol. The molecule has 0 aliphatic heterocycles. The molecule has 0 aromatic heterocycles. The maximum absolute atomic E-state index is 12.1. The second-order valence-corrected chi connectivity index (χ2v) is 6.16. The lowest BCUT2D eigenvalue weighted by atomic mass is 10.1. The van der Waals surface area contributed by atoms with Crippen molar-refractivity contribution in [2.75, 3.05) is 31.6 Å². The highest BCUT2D eigenvalue weighted by molar-refractivity contribution is 5.94. The van der Waals surface area contributed by atoms with Crippen LogP contribution in [0.25, 0.3) is 0 Å².